The van der Waals surface area contributed by atoms with Crippen LogP contribution in [0.2, 0.25) is 0 Å². The lowest BCUT2D eigenvalue weighted by atomic mass is 10.1. The van der Waals surface area contributed by atoms with Crippen LogP contribution in [0.25, 0.3) is 10.9 Å². The maximum atomic E-state index is 14.2. The number of hydrogen-bond donors (Lipinski definition) is 0. The van der Waals surface area contributed by atoms with E-state index >= 15 is 0 Å². The molecule has 2 aromatic carbocycles. The fourth-order valence-electron chi connectivity index (χ4n) is 3.60. The van der Waals surface area contributed by atoms with Gasteiger partial charge in [-0.1, -0.05) is 6.07 Å². The number of halogens is 1. The van der Waals surface area contributed by atoms with Gasteiger partial charge < -0.3 is 14.2 Å². The van der Waals surface area contributed by atoms with E-state index in [1.54, 1.807) is 18.3 Å². The molecule has 1 aliphatic heterocycles. The van der Waals surface area contributed by atoms with Crippen LogP contribution in [-0.2, 0) is 4.74 Å². The second-order valence-electron chi connectivity index (χ2n) is 7.64. The summed E-state index contributed by atoms with van der Waals surface area (Å²) in [6, 6.07) is 10.6. The van der Waals surface area contributed by atoms with Crippen LogP contribution in [0.5, 0.6) is 17.2 Å². The van der Waals surface area contributed by atoms with Crippen LogP contribution in [0.15, 0.2) is 42.6 Å². The van der Waals surface area contributed by atoms with Crippen molar-refractivity contribution in [1.82, 2.24) is 9.88 Å². The molecular weight excluding hydrogens is 383 g/mol. The maximum absolute atomic E-state index is 14.2. The van der Waals surface area contributed by atoms with Crippen molar-refractivity contribution in [3.63, 3.8) is 0 Å². The molecular formula is C24H27FN2O3. The van der Waals surface area contributed by atoms with E-state index in [9.17, 15) is 4.39 Å². The van der Waals surface area contributed by atoms with Gasteiger partial charge in [-0.15, -0.1) is 0 Å². The van der Waals surface area contributed by atoms with E-state index in [1.165, 1.54) is 6.07 Å². The highest BCUT2D eigenvalue weighted by Gasteiger charge is 2.12. The number of rotatable bonds is 7. The predicted molar refractivity (Wildman–Crippen MR) is 115 cm³/mol. The van der Waals surface area contributed by atoms with Gasteiger partial charge in [-0.3, -0.25) is 9.88 Å². The van der Waals surface area contributed by atoms with Gasteiger partial charge in [-0.25, -0.2) is 4.39 Å². The molecule has 2 heterocycles. The SMILES string of the molecule is Cc1ccc(Oc2ccnc3cc(OCCCN4CCOCC4)c(C)cc23)c(F)c1. The maximum Gasteiger partial charge on any atom is 0.165 e. The van der Waals surface area contributed by atoms with Crippen molar-refractivity contribution in [2.45, 2.75) is 20.3 Å². The monoisotopic (exact) mass is 410 g/mol. The third-order valence-electron chi connectivity index (χ3n) is 5.29. The molecule has 0 spiro atoms. The predicted octanol–water partition coefficient (Wildman–Crippen LogP) is 4.88. The van der Waals surface area contributed by atoms with Gasteiger partial charge in [0.1, 0.15) is 11.5 Å². The topological polar surface area (TPSA) is 43.8 Å². The Morgan fingerprint density at radius 2 is 1.87 bits per heavy atom. The Hall–Kier alpha value is -2.70. The number of pyridine rings is 1. The van der Waals surface area contributed by atoms with E-state index in [4.69, 9.17) is 14.2 Å². The summed E-state index contributed by atoms with van der Waals surface area (Å²) < 4.78 is 31.5. The van der Waals surface area contributed by atoms with E-state index < -0.39 is 0 Å². The van der Waals surface area contributed by atoms with Gasteiger partial charge in [-0.2, -0.15) is 0 Å². The van der Waals surface area contributed by atoms with Gasteiger partial charge in [0.2, 0.25) is 0 Å². The fourth-order valence-corrected chi connectivity index (χ4v) is 3.60. The zero-order valence-corrected chi connectivity index (χ0v) is 17.5. The van der Waals surface area contributed by atoms with Crippen LogP contribution < -0.4 is 9.47 Å². The minimum atomic E-state index is -0.378. The molecule has 0 unspecified atom stereocenters. The van der Waals surface area contributed by atoms with Gasteiger partial charge in [0.25, 0.3) is 0 Å². The standard InChI is InChI=1S/C24H27FN2O3/c1-17-4-5-23(20(25)14-17)30-22-6-7-26-21-16-24(18(2)15-19(21)22)29-11-3-8-27-9-12-28-13-10-27/h4-7,14-16H,3,8-13H2,1-2H3. The number of fused-ring (bicyclic) bond motifs is 1. The molecule has 6 heteroatoms. The van der Waals surface area contributed by atoms with Crippen LogP contribution in [-0.4, -0.2) is 49.3 Å². The number of aryl methyl sites for hydroxylation is 2. The molecule has 1 saturated heterocycles. The van der Waals surface area contributed by atoms with Crippen LogP contribution in [0, 0.1) is 19.7 Å². The summed E-state index contributed by atoms with van der Waals surface area (Å²) in [6.07, 6.45) is 2.63. The molecule has 0 atom stereocenters. The van der Waals surface area contributed by atoms with Crippen molar-refractivity contribution in [2.24, 2.45) is 0 Å². The molecule has 30 heavy (non-hydrogen) atoms. The zero-order valence-electron chi connectivity index (χ0n) is 17.5. The number of nitrogens with zero attached hydrogens (tertiary/aromatic N) is 2. The summed E-state index contributed by atoms with van der Waals surface area (Å²) in [5.74, 6) is 1.21. The number of aromatic nitrogens is 1. The third kappa shape index (κ3) is 4.89. The molecule has 1 aliphatic rings. The quantitative estimate of drug-likeness (QED) is 0.519. The molecule has 1 fully saturated rings. The first kappa shape index (κ1) is 20.6. The lowest BCUT2D eigenvalue weighted by Gasteiger charge is -2.26. The van der Waals surface area contributed by atoms with E-state index in [-0.39, 0.29) is 11.6 Å². The molecule has 0 saturated carbocycles. The zero-order chi connectivity index (χ0) is 20.9. The molecule has 3 aromatic rings. The Labute approximate surface area is 176 Å². The van der Waals surface area contributed by atoms with Crippen molar-refractivity contribution < 1.29 is 18.6 Å². The van der Waals surface area contributed by atoms with Gasteiger partial charge in [0, 0.05) is 37.3 Å². The van der Waals surface area contributed by atoms with Crippen LogP contribution >= 0.6 is 0 Å². The van der Waals surface area contributed by atoms with E-state index in [1.807, 2.05) is 32.0 Å². The van der Waals surface area contributed by atoms with Gasteiger partial charge in [0.05, 0.1) is 25.3 Å². The van der Waals surface area contributed by atoms with Crippen LogP contribution in [0.3, 0.4) is 0 Å². The smallest absolute Gasteiger partial charge is 0.165 e. The Bertz CT molecular complexity index is 1020. The highest BCUT2D eigenvalue weighted by molar-refractivity contribution is 5.87. The molecule has 1 aromatic heterocycles. The molecule has 4 rings (SSSR count). The summed E-state index contributed by atoms with van der Waals surface area (Å²) in [7, 11) is 0. The Morgan fingerprint density at radius 3 is 2.67 bits per heavy atom. The second kappa shape index (κ2) is 9.41. The van der Waals surface area contributed by atoms with Gasteiger partial charge >= 0.3 is 0 Å². The molecule has 0 bridgehead atoms. The number of morpholine rings is 1. The van der Waals surface area contributed by atoms with Crippen molar-refractivity contribution >= 4 is 10.9 Å². The fraction of sp³-hybridized carbons (Fsp3) is 0.375. The molecule has 0 amide bonds. The summed E-state index contributed by atoms with van der Waals surface area (Å²) in [4.78, 5) is 6.85. The first-order valence-electron chi connectivity index (χ1n) is 10.4. The molecule has 158 valence electrons. The molecule has 5 nitrogen and oxygen atoms in total. The molecule has 0 radical (unpaired) electrons. The Morgan fingerprint density at radius 1 is 1.03 bits per heavy atom. The minimum Gasteiger partial charge on any atom is -0.493 e. The summed E-state index contributed by atoms with van der Waals surface area (Å²) in [5.41, 5.74) is 2.61. The summed E-state index contributed by atoms with van der Waals surface area (Å²) in [6.45, 7) is 9.11. The average Bonchev–Trinajstić information content (AvgIpc) is 2.74. The van der Waals surface area contributed by atoms with Crippen LogP contribution in [0.4, 0.5) is 4.39 Å². The van der Waals surface area contributed by atoms with Gasteiger partial charge in [0.15, 0.2) is 11.6 Å². The number of benzene rings is 2. The van der Waals surface area contributed by atoms with Crippen molar-refractivity contribution in [2.75, 3.05) is 39.5 Å². The average molecular weight is 410 g/mol. The highest BCUT2D eigenvalue weighted by Crippen LogP contribution is 2.34. The third-order valence-corrected chi connectivity index (χ3v) is 5.29. The summed E-state index contributed by atoms with van der Waals surface area (Å²) in [5, 5.41) is 0.829. The van der Waals surface area contributed by atoms with Gasteiger partial charge in [-0.05, 0) is 55.7 Å². The lowest BCUT2D eigenvalue weighted by molar-refractivity contribution is 0.0358. The largest absolute Gasteiger partial charge is 0.493 e. The Kier molecular flexibility index (Phi) is 6.45. The first-order valence-corrected chi connectivity index (χ1v) is 10.4. The lowest BCUT2D eigenvalue weighted by Crippen LogP contribution is -2.37. The number of hydrogen-bond acceptors (Lipinski definition) is 5. The van der Waals surface area contributed by atoms with Crippen molar-refractivity contribution in [3.05, 3.63) is 59.5 Å². The normalized spacial score (nSPS) is 14.8. The first-order chi connectivity index (χ1) is 14.6. The number of ether oxygens (including phenoxy) is 3. The Balaban J connectivity index is 1.45. The summed E-state index contributed by atoms with van der Waals surface area (Å²) >= 11 is 0. The molecule has 0 N–H and O–H groups in total. The second-order valence-corrected chi connectivity index (χ2v) is 7.64. The molecule has 0 aliphatic carbocycles. The van der Waals surface area contributed by atoms with Crippen molar-refractivity contribution in [1.29, 1.82) is 0 Å². The van der Waals surface area contributed by atoms with Crippen molar-refractivity contribution in [3.8, 4) is 17.2 Å². The van der Waals surface area contributed by atoms with E-state index in [0.29, 0.717) is 12.4 Å². The highest BCUT2D eigenvalue weighted by atomic mass is 19.1. The minimum absolute atomic E-state index is 0.203. The van der Waals surface area contributed by atoms with E-state index in [0.717, 1.165) is 67.0 Å². The van der Waals surface area contributed by atoms with Crippen LogP contribution in [0.1, 0.15) is 17.5 Å². The van der Waals surface area contributed by atoms with E-state index in [2.05, 4.69) is 9.88 Å².